The Morgan fingerprint density at radius 3 is 2.87 bits per heavy atom. The minimum Gasteiger partial charge on any atom is -0.507 e. The first-order chi connectivity index (χ1) is 18.4. The molecule has 1 N–H and O–H groups in total. The number of piperidine rings is 1. The van der Waals surface area contributed by atoms with E-state index in [1.807, 2.05) is 16.7 Å². The number of ketones is 1. The molecule has 9 heteroatoms. The van der Waals surface area contributed by atoms with Gasteiger partial charge in [-0.05, 0) is 48.7 Å². The Balaban J connectivity index is 1.19. The first-order valence-corrected chi connectivity index (χ1v) is 13.1. The number of fused-ring (bicyclic) bond motifs is 6. The number of pyridine rings is 1. The molecule has 0 radical (unpaired) electrons. The molecule has 0 amide bonds. The maximum Gasteiger partial charge on any atom is 0.250 e. The minimum absolute atomic E-state index is 0.0503. The molecular weight excluding hydrogens is 508 g/mol. The smallest absolute Gasteiger partial charge is 0.250 e. The highest BCUT2D eigenvalue weighted by atomic mass is 35.5. The van der Waals surface area contributed by atoms with Gasteiger partial charge in [0.25, 0.3) is 5.56 Å². The van der Waals surface area contributed by atoms with Crippen molar-refractivity contribution in [2.24, 2.45) is 5.92 Å². The fourth-order valence-electron chi connectivity index (χ4n) is 6.26. The van der Waals surface area contributed by atoms with Gasteiger partial charge >= 0.3 is 0 Å². The summed E-state index contributed by atoms with van der Waals surface area (Å²) in [6.45, 7) is 3.18. The lowest BCUT2D eigenvalue weighted by Crippen LogP contribution is -2.46. The molecule has 3 aromatic rings. The predicted molar refractivity (Wildman–Crippen MR) is 140 cm³/mol. The average Bonchev–Trinajstić information content (AvgIpc) is 3.21. The lowest BCUT2D eigenvalue weighted by atomic mass is 9.83. The van der Waals surface area contributed by atoms with Gasteiger partial charge in [-0.25, -0.2) is 0 Å². The van der Waals surface area contributed by atoms with Crippen molar-refractivity contribution in [1.82, 2.24) is 9.47 Å². The summed E-state index contributed by atoms with van der Waals surface area (Å²) in [5, 5.41) is 11.3. The van der Waals surface area contributed by atoms with Gasteiger partial charge in [0.1, 0.15) is 17.2 Å². The Morgan fingerprint density at radius 1 is 1.08 bits per heavy atom. The van der Waals surface area contributed by atoms with Gasteiger partial charge in [-0.2, -0.15) is 0 Å². The summed E-state index contributed by atoms with van der Waals surface area (Å²) in [5.41, 5.74) is 3.55. The predicted octanol–water partition coefficient (Wildman–Crippen LogP) is 4.31. The highest BCUT2D eigenvalue weighted by molar-refractivity contribution is 6.31. The number of rotatable bonds is 3. The van der Waals surface area contributed by atoms with Gasteiger partial charge in [0.15, 0.2) is 12.6 Å². The van der Waals surface area contributed by atoms with E-state index < -0.39 is 0 Å². The second-order valence-electron chi connectivity index (χ2n) is 10.4. The molecule has 0 aliphatic carbocycles. The van der Waals surface area contributed by atoms with Crippen LogP contribution >= 0.6 is 11.6 Å². The molecule has 2 bridgehead atoms. The molecule has 4 aliphatic heterocycles. The summed E-state index contributed by atoms with van der Waals surface area (Å²) < 4.78 is 19.1. The minimum atomic E-state index is -0.258. The van der Waals surface area contributed by atoms with Gasteiger partial charge in [-0.15, -0.1) is 0 Å². The fraction of sp³-hybridized carbons (Fsp3) is 0.310. The molecule has 5 heterocycles. The molecule has 0 spiro atoms. The van der Waals surface area contributed by atoms with E-state index in [1.165, 1.54) is 0 Å². The number of aromatic nitrogens is 1. The van der Waals surface area contributed by atoms with Crippen LogP contribution in [0, 0.1) is 5.92 Å². The molecule has 0 saturated carbocycles. The number of hydrogen-bond acceptors (Lipinski definition) is 7. The summed E-state index contributed by atoms with van der Waals surface area (Å²) in [4.78, 5) is 28.0. The Morgan fingerprint density at radius 2 is 1.97 bits per heavy atom. The maximum absolute atomic E-state index is 13.3. The highest BCUT2D eigenvalue weighted by Crippen LogP contribution is 2.43. The molecule has 1 fully saturated rings. The quantitative estimate of drug-likeness (QED) is 0.503. The fourth-order valence-corrected chi connectivity index (χ4v) is 6.50. The Labute approximate surface area is 223 Å². The third-order valence-corrected chi connectivity index (χ3v) is 8.06. The number of halogens is 1. The van der Waals surface area contributed by atoms with Crippen molar-refractivity contribution < 1.29 is 24.1 Å². The molecule has 2 aromatic carbocycles. The summed E-state index contributed by atoms with van der Waals surface area (Å²) in [7, 11) is 0. The third-order valence-electron chi connectivity index (χ3n) is 7.84. The number of benzene rings is 2. The van der Waals surface area contributed by atoms with Crippen molar-refractivity contribution in [2.45, 2.75) is 32.0 Å². The molecule has 2 atom stereocenters. The number of ether oxygens (including phenoxy) is 3. The third kappa shape index (κ3) is 3.91. The molecule has 194 valence electrons. The van der Waals surface area contributed by atoms with Crippen LogP contribution in [0.1, 0.15) is 45.1 Å². The van der Waals surface area contributed by atoms with Gasteiger partial charge < -0.3 is 23.9 Å². The van der Waals surface area contributed by atoms with E-state index in [1.54, 1.807) is 36.4 Å². The van der Waals surface area contributed by atoms with E-state index in [2.05, 4.69) is 4.90 Å². The number of allylic oxidation sites excluding steroid dienone is 1. The summed E-state index contributed by atoms with van der Waals surface area (Å²) in [6.07, 6.45) is 2.68. The summed E-state index contributed by atoms with van der Waals surface area (Å²) >= 11 is 6.30. The number of hydrogen-bond donors (Lipinski definition) is 1. The summed E-state index contributed by atoms with van der Waals surface area (Å²) in [6, 6.07) is 12.1. The molecule has 1 saturated heterocycles. The average molecular weight is 533 g/mol. The van der Waals surface area contributed by atoms with Crippen LogP contribution in [0.25, 0.3) is 6.08 Å². The van der Waals surface area contributed by atoms with Crippen LogP contribution < -0.4 is 15.0 Å². The van der Waals surface area contributed by atoms with Crippen molar-refractivity contribution in [3.63, 3.8) is 0 Å². The van der Waals surface area contributed by atoms with Crippen LogP contribution in [0.2, 0.25) is 5.02 Å². The second kappa shape index (κ2) is 9.01. The molecule has 38 heavy (non-hydrogen) atoms. The zero-order valence-electron chi connectivity index (χ0n) is 20.5. The molecule has 8 nitrogen and oxygen atoms in total. The number of nitrogens with zero attached hydrogens (tertiary/aromatic N) is 2. The largest absolute Gasteiger partial charge is 0.507 e. The molecule has 4 aliphatic rings. The lowest BCUT2D eigenvalue weighted by molar-refractivity contribution is -0.0165. The van der Waals surface area contributed by atoms with Gasteiger partial charge in [-0.3, -0.25) is 14.5 Å². The highest BCUT2D eigenvalue weighted by Gasteiger charge is 2.37. The SMILES string of the molecule is O=C1/C(=C\c2cc(Cl)cc3c2OCOC3)Oc2c1ccc(O)c2CN1C[C@@H]2C[C@H](C1)c1cccc(=O)n1C2. The number of Topliss-reactive ketones (excluding diaryl/α,β-unsaturated/α-hetero) is 1. The Hall–Kier alpha value is -3.59. The number of aromatic hydroxyl groups is 1. The van der Waals surface area contributed by atoms with E-state index in [-0.39, 0.29) is 35.6 Å². The topological polar surface area (TPSA) is 90.2 Å². The summed E-state index contributed by atoms with van der Waals surface area (Å²) in [5.74, 6) is 1.56. The van der Waals surface area contributed by atoms with E-state index in [0.29, 0.717) is 58.8 Å². The van der Waals surface area contributed by atoms with Gasteiger partial charge in [-0.1, -0.05) is 17.7 Å². The first kappa shape index (κ1) is 23.5. The zero-order valence-corrected chi connectivity index (χ0v) is 21.2. The van der Waals surface area contributed by atoms with Gasteiger partial charge in [0.05, 0.1) is 17.7 Å². The van der Waals surface area contributed by atoms with Crippen LogP contribution in [0.15, 0.2) is 53.0 Å². The standard InChI is InChI=1S/C29H25ClN2O6/c30-20-7-17(28-19(8-20)14-36-15-37-28)9-25-27(35)21-4-5-24(33)22(29(21)38-25)13-31-10-16-6-18(12-31)23-2-1-3-26(34)32(23)11-16/h1-5,7-9,16,18,33H,6,10-15H2/b25-9+/t16-,18+/m0/s1. The number of phenols is 1. The van der Waals surface area contributed by atoms with Crippen molar-refractivity contribution >= 4 is 23.5 Å². The maximum atomic E-state index is 13.3. The van der Waals surface area contributed by atoms with Crippen LogP contribution in [0.3, 0.4) is 0 Å². The first-order valence-electron chi connectivity index (χ1n) is 12.7. The molecular formula is C29H25ClN2O6. The number of phenolic OH excluding ortho intramolecular Hbond substituents is 1. The molecule has 7 rings (SSSR count). The van der Waals surface area contributed by atoms with E-state index in [4.69, 9.17) is 25.8 Å². The number of carbonyl (C=O) groups is 1. The number of likely N-dealkylation sites (tertiary alicyclic amines) is 1. The lowest BCUT2D eigenvalue weighted by Gasteiger charge is -2.42. The molecule has 1 aromatic heterocycles. The monoisotopic (exact) mass is 532 g/mol. The van der Waals surface area contributed by atoms with Gasteiger partial charge in [0, 0.05) is 60.0 Å². The van der Waals surface area contributed by atoms with Crippen LogP contribution in [0.5, 0.6) is 17.2 Å². The van der Waals surface area contributed by atoms with Crippen molar-refractivity contribution in [2.75, 3.05) is 19.9 Å². The van der Waals surface area contributed by atoms with Crippen molar-refractivity contribution in [3.8, 4) is 17.2 Å². The zero-order chi connectivity index (χ0) is 26.0. The van der Waals surface area contributed by atoms with Crippen LogP contribution in [0.4, 0.5) is 0 Å². The van der Waals surface area contributed by atoms with Crippen molar-refractivity contribution in [3.05, 3.63) is 91.5 Å². The Kier molecular flexibility index (Phi) is 5.58. The van der Waals surface area contributed by atoms with E-state index in [0.717, 1.165) is 30.8 Å². The second-order valence-corrected chi connectivity index (χ2v) is 10.8. The van der Waals surface area contributed by atoms with Crippen LogP contribution in [-0.4, -0.2) is 40.2 Å². The van der Waals surface area contributed by atoms with Crippen molar-refractivity contribution in [1.29, 1.82) is 0 Å². The normalized spacial score (nSPS) is 22.9. The van der Waals surface area contributed by atoms with Crippen LogP contribution in [-0.2, 0) is 24.4 Å². The Bertz CT molecular complexity index is 1580. The number of carbonyl (C=O) groups excluding carboxylic acids is 1. The van der Waals surface area contributed by atoms with Gasteiger partial charge in [0.2, 0.25) is 5.78 Å². The van der Waals surface area contributed by atoms with E-state index in [9.17, 15) is 14.7 Å². The van der Waals surface area contributed by atoms with E-state index >= 15 is 0 Å². The molecule has 0 unspecified atom stereocenters.